The third kappa shape index (κ3) is 7.84. The van der Waals surface area contributed by atoms with Gasteiger partial charge in [-0.05, 0) is 59.4 Å². The molecule has 42 heavy (non-hydrogen) atoms. The van der Waals surface area contributed by atoms with E-state index in [0.29, 0.717) is 13.0 Å². The minimum Gasteiger partial charge on any atom is -0.492 e. The van der Waals surface area contributed by atoms with Crippen molar-refractivity contribution in [1.82, 2.24) is 4.90 Å². The number of hydrogen-bond donors (Lipinski definition) is 0. The zero-order valence-electron chi connectivity index (χ0n) is 24.6. The molecule has 0 aliphatic heterocycles. The van der Waals surface area contributed by atoms with Gasteiger partial charge >= 0.3 is 0 Å². The van der Waals surface area contributed by atoms with Crippen LogP contribution in [-0.2, 0) is 13.1 Å². The summed E-state index contributed by atoms with van der Waals surface area (Å²) in [7, 11) is 0. The van der Waals surface area contributed by atoms with Crippen molar-refractivity contribution in [2.24, 2.45) is 0 Å². The van der Waals surface area contributed by atoms with Crippen LogP contribution in [0.1, 0.15) is 56.1 Å². The fourth-order valence-electron chi connectivity index (χ4n) is 5.62. The van der Waals surface area contributed by atoms with E-state index in [9.17, 15) is 4.79 Å². The van der Waals surface area contributed by atoms with Gasteiger partial charge in [0.2, 0.25) is 0 Å². The Morgan fingerprint density at radius 1 is 0.643 bits per heavy atom. The van der Waals surface area contributed by atoms with Crippen LogP contribution in [0.2, 0.25) is 0 Å². The zero-order chi connectivity index (χ0) is 29.1. The van der Waals surface area contributed by atoms with Gasteiger partial charge in [-0.25, -0.2) is 0 Å². The van der Waals surface area contributed by atoms with Crippen molar-refractivity contribution >= 4 is 5.78 Å². The maximum Gasteiger partial charge on any atom is 0.163 e. The molecule has 0 saturated heterocycles. The molecule has 0 atom stereocenters. The second kappa shape index (κ2) is 14.4. The van der Waals surface area contributed by atoms with E-state index in [4.69, 9.17) is 4.74 Å². The first-order valence-corrected chi connectivity index (χ1v) is 14.7. The minimum absolute atomic E-state index is 0.0108. The van der Waals surface area contributed by atoms with Crippen molar-refractivity contribution in [2.75, 3.05) is 13.2 Å². The Hall–Kier alpha value is -4.47. The molecule has 0 amide bonds. The molecule has 0 spiro atoms. The second-order valence-electron chi connectivity index (χ2n) is 11.0. The van der Waals surface area contributed by atoms with E-state index in [1.165, 1.54) is 11.1 Å². The monoisotopic (exact) mass is 553 g/mol. The molecular formula is C39H39NO2. The number of nitrogens with zero attached hydrogens (tertiary/aromatic N) is 1. The molecule has 0 saturated carbocycles. The summed E-state index contributed by atoms with van der Waals surface area (Å²) >= 11 is 0. The molecule has 3 nitrogen and oxygen atoms in total. The first kappa shape index (κ1) is 29.0. The number of benzene rings is 5. The fourth-order valence-corrected chi connectivity index (χ4v) is 5.62. The van der Waals surface area contributed by atoms with Crippen molar-refractivity contribution in [2.45, 2.75) is 39.3 Å². The highest BCUT2D eigenvalue weighted by molar-refractivity contribution is 5.97. The average Bonchev–Trinajstić information content (AvgIpc) is 3.02. The van der Waals surface area contributed by atoms with Crippen LogP contribution in [0.5, 0.6) is 5.75 Å². The van der Waals surface area contributed by atoms with Crippen molar-refractivity contribution in [1.29, 1.82) is 0 Å². The van der Waals surface area contributed by atoms with Gasteiger partial charge in [-0.15, -0.1) is 0 Å². The van der Waals surface area contributed by atoms with E-state index < -0.39 is 0 Å². The van der Waals surface area contributed by atoms with Crippen LogP contribution in [-0.4, -0.2) is 23.8 Å². The Morgan fingerprint density at radius 3 is 1.52 bits per heavy atom. The molecule has 0 fully saturated rings. The summed E-state index contributed by atoms with van der Waals surface area (Å²) in [5.74, 6) is 1.02. The summed E-state index contributed by atoms with van der Waals surface area (Å²) in [6, 6.07) is 45.7. The first-order chi connectivity index (χ1) is 20.6. The van der Waals surface area contributed by atoms with Crippen LogP contribution in [0.25, 0.3) is 0 Å². The third-order valence-electron chi connectivity index (χ3n) is 7.73. The second-order valence-corrected chi connectivity index (χ2v) is 11.0. The van der Waals surface area contributed by atoms with E-state index in [1.54, 1.807) is 0 Å². The van der Waals surface area contributed by atoms with E-state index in [2.05, 4.69) is 89.8 Å². The lowest BCUT2D eigenvalue weighted by Gasteiger charge is -2.23. The molecule has 0 aromatic heterocycles. The Labute approximate surface area is 250 Å². The number of rotatable bonds is 13. The van der Waals surface area contributed by atoms with Crippen LogP contribution in [0.4, 0.5) is 0 Å². The fraction of sp³-hybridized carbons (Fsp3) is 0.205. The Morgan fingerprint density at radius 2 is 1.07 bits per heavy atom. The molecule has 0 bridgehead atoms. The largest absolute Gasteiger partial charge is 0.492 e. The smallest absolute Gasteiger partial charge is 0.163 e. The quantitative estimate of drug-likeness (QED) is 0.137. The third-order valence-corrected chi connectivity index (χ3v) is 7.73. The summed E-state index contributed by atoms with van der Waals surface area (Å²) in [5.41, 5.74) is 7.60. The maximum atomic E-state index is 13.6. The molecule has 0 N–H and O–H groups in total. The summed E-state index contributed by atoms with van der Waals surface area (Å²) in [6.45, 7) is 7.15. The van der Waals surface area contributed by atoms with Crippen LogP contribution in [0, 0.1) is 13.8 Å². The standard InChI is InChI=1S/C39H39NO2/c1-30-25-36(38(41)27-37(34-19-11-5-12-20-34)35-21-13-6-14-22-35)26-31(2)39(30)42-24-23-40(28-32-15-7-3-8-16-32)29-33-17-9-4-10-18-33/h3-22,25-26,37H,23-24,27-29H2,1-2H3. The number of carbonyl (C=O) groups excluding carboxylic acids is 1. The summed E-state index contributed by atoms with van der Waals surface area (Å²) in [5, 5.41) is 0. The summed E-state index contributed by atoms with van der Waals surface area (Å²) in [4.78, 5) is 16.0. The highest BCUT2D eigenvalue weighted by atomic mass is 16.5. The van der Waals surface area contributed by atoms with Gasteiger partial charge in [-0.3, -0.25) is 9.69 Å². The van der Waals surface area contributed by atoms with E-state index in [-0.39, 0.29) is 11.7 Å². The predicted molar refractivity (Wildman–Crippen MR) is 172 cm³/mol. The number of hydrogen-bond acceptors (Lipinski definition) is 3. The summed E-state index contributed by atoms with van der Waals surface area (Å²) < 4.78 is 6.37. The van der Waals surface area contributed by atoms with E-state index in [0.717, 1.165) is 53.2 Å². The van der Waals surface area contributed by atoms with Gasteiger partial charge in [0.15, 0.2) is 5.78 Å². The molecule has 0 aliphatic rings. The van der Waals surface area contributed by atoms with Gasteiger partial charge in [0.05, 0.1) is 0 Å². The molecule has 212 valence electrons. The van der Waals surface area contributed by atoms with Crippen molar-refractivity contribution in [3.05, 3.63) is 172 Å². The minimum atomic E-state index is 0.0108. The molecule has 0 unspecified atom stereocenters. The lowest BCUT2D eigenvalue weighted by atomic mass is 9.85. The van der Waals surface area contributed by atoms with Gasteiger partial charge < -0.3 is 4.74 Å². The molecular weight excluding hydrogens is 514 g/mol. The van der Waals surface area contributed by atoms with Gasteiger partial charge in [0.1, 0.15) is 12.4 Å². The number of aryl methyl sites for hydroxylation is 2. The Balaban J connectivity index is 1.27. The van der Waals surface area contributed by atoms with Gasteiger partial charge in [-0.2, -0.15) is 0 Å². The lowest BCUT2D eigenvalue weighted by molar-refractivity contribution is 0.0977. The Kier molecular flexibility index (Phi) is 9.98. The van der Waals surface area contributed by atoms with Crippen molar-refractivity contribution < 1.29 is 9.53 Å². The van der Waals surface area contributed by atoms with Crippen LogP contribution in [0.3, 0.4) is 0 Å². The van der Waals surface area contributed by atoms with Crippen LogP contribution in [0.15, 0.2) is 133 Å². The first-order valence-electron chi connectivity index (χ1n) is 14.7. The highest BCUT2D eigenvalue weighted by Gasteiger charge is 2.20. The number of Topliss-reactive ketones (excluding diaryl/α,β-unsaturated/α-hetero) is 1. The van der Waals surface area contributed by atoms with Gasteiger partial charge in [0.25, 0.3) is 0 Å². The zero-order valence-corrected chi connectivity index (χ0v) is 24.6. The molecule has 5 aromatic rings. The average molecular weight is 554 g/mol. The van der Waals surface area contributed by atoms with Gasteiger partial charge in [0, 0.05) is 37.5 Å². The number of ketones is 1. The summed E-state index contributed by atoms with van der Waals surface area (Å²) in [6.07, 6.45) is 0.418. The predicted octanol–water partition coefficient (Wildman–Crippen LogP) is 8.79. The molecule has 5 aromatic carbocycles. The molecule has 0 radical (unpaired) electrons. The van der Waals surface area contributed by atoms with Crippen molar-refractivity contribution in [3.63, 3.8) is 0 Å². The van der Waals surface area contributed by atoms with E-state index >= 15 is 0 Å². The Bertz CT molecular complexity index is 1450. The van der Waals surface area contributed by atoms with E-state index in [1.807, 2.05) is 62.4 Å². The topological polar surface area (TPSA) is 29.5 Å². The van der Waals surface area contributed by atoms with Gasteiger partial charge in [-0.1, -0.05) is 121 Å². The molecule has 0 heterocycles. The normalized spacial score (nSPS) is 11.1. The highest BCUT2D eigenvalue weighted by Crippen LogP contribution is 2.31. The van der Waals surface area contributed by atoms with Crippen LogP contribution < -0.4 is 4.74 Å². The van der Waals surface area contributed by atoms with Crippen molar-refractivity contribution in [3.8, 4) is 5.75 Å². The SMILES string of the molecule is Cc1cc(C(=O)CC(c2ccccc2)c2ccccc2)cc(C)c1OCCN(Cc1ccccc1)Cc1ccccc1. The number of ether oxygens (including phenoxy) is 1. The molecule has 0 aliphatic carbocycles. The molecule has 3 heteroatoms. The maximum absolute atomic E-state index is 13.6. The number of carbonyl (C=O) groups is 1. The van der Waals surface area contributed by atoms with Crippen LogP contribution >= 0.6 is 0 Å². The molecule has 5 rings (SSSR count). The lowest BCUT2D eigenvalue weighted by Crippen LogP contribution is -2.28.